The van der Waals surface area contributed by atoms with Crippen molar-refractivity contribution in [3.63, 3.8) is 0 Å². The van der Waals surface area contributed by atoms with Crippen LogP contribution in [0.25, 0.3) is 10.9 Å². The molecule has 158 valence electrons. The van der Waals surface area contributed by atoms with Crippen LogP contribution in [0.1, 0.15) is 18.4 Å². The van der Waals surface area contributed by atoms with E-state index in [0.29, 0.717) is 29.5 Å². The first-order valence-corrected chi connectivity index (χ1v) is 10.7. The van der Waals surface area contributed by atoms with Crippen molar-refractivity contribution in [1.82, 2.24) is 19.9 Å². The number of ether oxygens (including phenoxy) is 1. The number of esters is 1. The zero-order valence-electron chi connectivity index (χ0n) is 16.2. The molecule has 2 aliphatic rings. The van der Waals surface area contributed by atoms with Crippen molar-refractivity contribution in [2.24, 2.45) is 0 Å². The molecule has 2 saturated heterocycles. The minimum absolute atomic E-state index is 0.154. The van der Waals surface area contributed by atoms with Gasteiger partial charge in [-0.15, -0.1) is 16.9 Å². The van der Waals surface area contributed by atoms with E-state index in [1.54, 1.807) is 41.3 Å². The van der Waals surface area contributed by atoms with Gasteiger partial charge in [0.05, 0.1) is 5.39 Å². The maximum Gasteiger partial charge on any atom is 0.331 e. The van der Waals surface area contributed by atoms with E-state index in [2.05, 4.69) is 10.3 Å². The number of aromatic nitrogens is 3. The van der Waals surface area contributed by atoms with Gasteiger partial charge in [0.2, 0.25) is 5.91 Å². The second-order valence-corrected chi connectivity index (χ2v) is 8.68. The maximum atomic E-state index is 13.4. The lowest BCUT2D eigenvalue weighted by atomic mass is 10.0. The molecule has 1 amide bonds. The highest BCUT2D eigenvalue weighted by Crippen LogP contribution is 2.54. The van der Waals surface area contributed by atoms with Crippen LogP contribution < -0.4 is 5.56 Å². The van der Waals surface area contributed by atoms with Crippen LogP contribution in [0.5, 0.6) is 0 Å². The summed E-state index contributed by atoms with van der Waals surface area (Å²) >= 11 is 1.47. The van der Waals surface area contributed by atoms with E-state index in [9.17, 15) is 18.8 Å². The Balaban J connectivity index is 1.37. The van der Waals surface area contributed by atoms with Crippen molar-refractivity contribution in [1.29, 1.82) is 0 Å². The van der Waals surface area contributed by atoms with Gasteiger partial charge in [-0.2, -0.15) is 4.68 Å². The molecule has 2 aromatic carbocycles. The molecule has 5 rings (SSSR count). The number of nitrogens with zero attached hydrogens (tertiary/aromatic N) is 4. The lowest BCUT2D eigenvalue weighted by Crippen LogP contribution is -2.47. The quantitative estimate of drug-likeness (QED) is 0.573. The second-order valence-electron chi connectivity index (χ2n) is 7.39. The zero-order chi connectivity index (χ0) is 21.6. The average Bonchev–Trinajstić information content (AvgIpc) is 3.33. The van der Waals surface area contributed by atoms with Gasteiger partial charge < -0.3 is 9.64 Å². The standard InChI is InChI=1S/C21H17FN4O4S/c22-14-7-5-13(6-8-14)21-10-9-18(27)26(21)17(11-31-21)20(29)30-12-25-19(28)15-3-1-2-4-16(15)23-24-25/h1-8,17H,9-12H2/t17-,21-/m1/s1. The topological polar surface area (TPSA) is 94.4 Å². The predicted molar refractivity (Wildman–Crippen MR) is 110 cm³/mol. The largest absolute Gasteiger partial charge is 0.441 e. The van der Waals surface area contributed by atoms with Crippen molar-refractivity contribution >= 4 is 34.5 Å². The highest BCUT2D eigenvalue weighted by molar-refractivity contribution is 8.00. The molecule has 0 saturated carbocycles. The van der Waals surface area contributed by atoms with Crippen molar-refractivity contribution < 1.29 is 18.7 Å². The van der Waals surface area contributed by atoms with E-state index in [1.165, 1.54) is 23.9 Å². The van der Waals surface area contributed by atoms with E-state index in [0.717, 1.165) is 10.2 Å². The molecule has 0 N–H and O–H groups in total. The van der Waals surface area contributed by atoms with E-state index >= 15 is 0 Å². The van der Waals surface area contributed by atoms with Gasteiger partial charge in [-0.3, -0.25) is 9.59 Å². The van der Waals surface area contributed by atoms with Crippen LogP contribution in [0.15, 0.2) is 53.3 Å². The van der Waals surface area contributed by atoms with Crippen LogP contribution >= 0.6 is 11.8 Å². The van der Waals surface area contributed by atoms with Crippen LogP contribution in [0.4, 0.5) is 4.39 Å². The molecule has 2 aliphatic heterocycles. The van der Waals surface area contributed by atoms with Crippen molar-refractivity contribution in [3.05, 3.63) is 70.3 Å². The highest BCUT2D eigenvalue weighted by atomic mass is 32.2. The van der Waals surface area contributed by atoms with E-state index in [4.69, 9.17) is 4.74 Å². The summed E-state index contributed by atoms with van der Waals surface area (Å²) in [6.45, 7) is -0.401. The zero-order valence-corrected chi connectivity index (χ0v) is 17.0. The molecule has 1 aromatic heterocycles. The molecule has 0 bridgehead atoms. The third-order valence-corrected chi connectivity index (χ3v) is 7.25. The summed E-state index contributed by atoms with van der Waals surface area (Å²) in [4.78, 5) is 38.9. The number of carbonyl (C=O) groups excluding carboxylic acids is 2. The first kappa shape index (κ1) is 19.7. The summed E-state index contributed by atoms with van der Waals surface area (Å²) in [6.07, 6.45) is 0.825. The summed E-state index contributed by atoms with van der Waals surface area (Å²) < 4.78 is 19.7. The Kier molecular flexibility index (Phi) is 4.73. The minimum Gasteiger partial charge on any atom is -0.441 e. The van der Waals surface area contributed by atoms with Crippen molar-refractivity contribution in [2.45, 2.75) is 30.5 Å². The Morgan fingerprint density at radius 1 is 1.19 bits per heavy atom. The Labute approximate surface area is 180 Å². The first-order valence-electron chi connectivity index (χ1n) is 9.71. The van der Waals surface area contributed by atoms with Gasteiger partial charge in [0, 0.05) is 12.2 Å². The Hall–Kier alpha value is -3.27. The van der Waals surface area contributed by atoms with Gasteiger partial charge in [-0.25, -0.2) is 9.18 Å². The average molecular weight is 440 g/mol. The second kappa shape index (κ2) is 7.45. The monoisotopic (exact) mass is 440 g/mol. The molecule has 0 aliphatic carbocycles. The smallest absolute Gasteiger partial charge is 0.331 e. The Morgan fingerprint density at radius 2 is 1.97 bits per heavy atom. The summed E-state index contributed by atoms with van der Waals surface area (Å²) in [6, 6.07) is 11.9. The van der Waals surface area contributed by atoms with Gasteiger partial charge in [0.15, 0.2) is 6.73 Å². The van der Waals surface area contributed by atoms with Crippen LogP contribution in [-0.2, 0) is 25.9 Å². The minimum atomic E-state index is -0.797. The van der Waals surface area contributed by atoms with Gasteiger partial charge in [0.25, 0.3) is 5.56 Å². The number of fused-ring (bicyclic) bond motifs is 2. The molecule has 3 aromatic rings. The molecule has 0 radical (unpaired) electrons. The summed E-state index contributed by atoms with van der Waals surface area (Å²) in [7, 11) is 0. The molecular weight excluding hydrogens is 423 g/mol. The number of halogens is 1. The highest BCUT2D eigenvalue weighted by Gasteiger charge is 2.57. The van der Waals surface area contributed by atoms with Gasteiger partial charge in [-0.1, -0.05) is 29.5 Å². The van der Waals surface area contributed by atoms with Gasteiger partial charge in [-0.05, 0) is 36.2 Å². The lowest BCUT2D eigenvalue weighted by Gasteiger charge is -2.33. The molecule has 8 nitrogen and oxygen atoms in total. The molecule has 2 fully saturated rings. The number of hydrogen-bond acceptors (Lipinski definition) is 7. The fourth-order valence-corrected chi connectivity index (χ4v) is 5.79. The number of hydrogen-bond donors (Lipinski definition) is 0. The molecule has 2 atom stereocenters. The number of thioether (sulfide) groups is 1. The molecular formula is C21H17FN4O4S. The third kappa shape index (κ3) is 3.18. The number of amides is 1. The van der Waals surface area contributed by atoms with Crippen LogP contribution in [0, 0.1) is 5.82 Å². The van der Waals surface area contributed by atoms with E-state index in [1.807, 2.05) is 0 Å². The normalized spacial score (nSPS) is 22.7. The first-order chi connectivity index (χ1) is 15.0. The lowest BCUT2D eigenvalue weighted by molar-refractivity contribution is -0.157. The molecule has 0 unspecified atom stereocenters. The van der Waals surface area contributed by atoms with Crippen LogP contribution in [-0.4, -0.2) is 43.6 Å². The number of rotatable bonds is 4. The number of benzene rings is 2. The molecule has 10 heteroatoms. The maximum absolute atomic E-state index is 13.4. The van der Waals surface area contributed by atoms with E-state index in [-0.39, 0.29) is 11.7 Å². The van der Waals surface area contributed by atoms with Crippen molar-refractivity contribution in [3.8, 4) is 0 Å². The Bertz CT molecular complexity index is 1250. The fraction of sp³-hybridized carbons (Fsp3) is 0.286. The third-order valence-electron chi connectivity index (χ3n) is 5.65. The molecule has 31 heavy (non-hydrogen) atoms. The van der Waals surface area contributed by atoms with Crippen LogP contribution in [0.3, 0.4) is 0 Å². The summed E-state index contributed by atoms with van der Waals surface area (Å²) in [5, 5.41) is 8.14. The SMILES string of the molecule is O=C(OCn1nnc2ccccc2c1=O)[C@H]1CS[C@@]2(c3ccc(F)cc3)CCC(=O)N12. The van der Waals surface area contributed by atoms with Crippen molar-refractivity contribution in [2.75, 3.05) is 5.75 Å². The van der Waals surface area contributed by atoms with E-state index < -0.39 is 29.2 Å². The van der Waals surface area contributed by atoms with Gasteiger partial charge >= 0.3 is 5.97 Å². The summed E-state index contributed by atoms with van der Waals surface area (Å²) in [5.41, 5.74) is 0.808. The fourth-order valence-electron chi connectivity index (χ4n) is 4.16. The predicted octanol–water partition coefficient (Wildman–Crippen LogP) is 2.02. The molecule has 3 heterocycles. The Morgan fingerprint density at radius 3 is 2.77 bits per heavy atom. The van der Waals surface area contributed by atoms with Gasteiger partial charge in [0.1, 0.15) is 22.2 Å². The number of carbonyl (C=O) groups is 2. The van der Waals surface area contributed by atoms with Crippen LogP contribution in [0.2, 0.25) is 0 Å². The summed E-state index contributed by atoms with van der Waals surface area (Å²) in [5.74, 6) is -0.787. The molecule has 0 spiro atoms.